The number of nitrogens with one attached hydrogen (secondary N) is 1. The van der Waals surface area contributed by atoms with Gasteiger partial charge in [0.2, 0.25) is 5.91 Å². The number of rotatable bonds is 7. The number of hydrogen-bond donors (Lipinski definition) is 2. The van der Waals surface area contributed by atoms with Gasteiger partial charge in [-0.25, -0.2) is 0 Å². The number of thioether (sulfide) groups is 1. The molecule has 2 N–H and O–H groups in total. The summed E-state index contributed by atoms with van der Waals surface area (Å²) in [5.41, 5.74) is 3.51. The fourth-order valence-corrected chi connectivity index (χ4v) is 5.51. The van der Waals surface area contributed by atoms with E-state index in [1.807, 2.05) is 30.3 Å². The lowest BCUT2D eigenvalue weighted by Crippen LogP contribution is -2.42. The van der Waals surface area contributed by atoms with Gasteiger partial charge in [0.1, 0.15) is 29.5 Å². The first-order chi connectivity index (χ1) is 16.1. The molecule has 2 aliphatic rings. The summed E-state index contributed by atoms with van der Waals surface area (Å²) < 4.78 is 12.6. The lowest BCUT2D eigenvalue weighted by atomic mass is 9.84. The van der Waals surface area contributed by atoms with Crippen LogP contribution >= 0.6 is 11.8 Å². The van der Waals surface area contributed by atoms with Crippen LogP contribution in [0.4, 0.5) is 4.79 Å². The van der Waals surface area contributed by atoms with E-state index in [-0.39, 0.29) is 28.2 Å². The number of fused-ring (bicyclic) bond motifs is 1. The van der Waals surface area contributed by atoms with Crippen LogP contribution in [0.3, 0.4) is 0 Å². The minimum absolute atomic E-state index is 0.196. The molecule has 0 aromatic heterocycles. The van der Waals surface area contributed by atoms with Crippen molar-refractivity contribution in [1.29, 1.82) is 0 Å². The molecule has 2 unspecified atom stereocenters. The molecular weight excluding hydrogens is 450 g/mol. The average molecular weight is 484 g/mol. The SMILES string of the molecule is CC(C)c1cc2c(c(C(C)C)c1O)CCC(C)(COc1ccc(CC3SC(=O)NC3=O)cc1)O2. The molecule has 2 amide bonds. The number of phenols is 1. The maximum absolute atomic E-state index is 11.8. The summed E-state index contributed by atoms with van der Waals surface area (Å²) in [4.78, 5) is 23.1. The largest absolute Gasteiger partial charge is 0.507 e. The van der Waals surface area contributed by atoms with Gasteiger partial charge < -0.3 is 14.6 Å². The molecule has 0 aliphatic carbocycles. The second-order valence-corrected chi connectivity index (χ2v) is 11.3. The summed E-state index contributed by atoms with van der Waals surface area (Å²) in [6.45, 7) is 10.8. The Bertz CT molecular complexity index is 1100. The second-order valence-electron chi connectivity index (χ2n) is 10.1. The highest BCUT2D eigenvalue weighted by Gasteiger charge is 2.36. The lowest BCUT2D eigenvalue weighted by Gasteiger charge is -2.37. The number of hydrogen-bond acceptors (Lipinski definition) is 6. The molecule has 2 aromatic carbocycles. The maximum Gasteiger partial charge on any atom is 0.286 e. The Morgan fingerprint density at radius 2 is 1.88 bits per heavy atom. The summed E-state index contributed by atoms with van der Waals surface area (Å²) in [6, 6.07) is 9.63. The zero-order chi connectivity index (χ0) is 24.6. The van der Waals surface area contributed by atoms with E-state index in [1.165, 1.54) is 0 Å². The number of phenolic OH excluding ortho intramolecular Hbond substituents is 1. The molecule has 0 spiro atoms. The molecule has 182 valence electrons. The quantitative estimate of drug-likeness (QED) is 0.526. The summed E-state index contributed by atoms with van der Waals surface area (Å²) in [7, 11) is 0. The molecule has 2 heterocycles. The van der Waals surface area contributed by atoms with E-state index in [2.05, 4.69) is 39.9 Å². The van der Waals surface area contributed by atoms with Crippen molar-refractivity contribution in [3.05, 3.63) is 52.6 Å². The smallest absolute Gasteiger partial charge is 0.286 e. The van der Waals surface area contributed by atoms with Crippen molar-refractivity contribution < 1.29 is 24.2 Å². The number of imide groups is 1. The normalized spacial score (nSPS) is 22.0. The highest BCUT2D eigenvalue weighted by molar-refractivity contribution is 8.15. The van der Waals surface area contributed by atoms with E-state index in [4.69, 9.17) is 9.47 Å². The predicted molar refractivity (Wildman–Crippen MR) is 134 cm³/mol. The Balaban J connectivity index is 1.44. The van der Waals surface area contributed by atoms with Crippen molar-refractivity contribution in [2.75, 3.05) is 6.61 Å². The fraction of sp³-hybridized carbons (Fsp3) is 0.481. The van der Waals surface area contributed by atoms with Gasteiger partial charge in [-0.3, -0.25) is 14.9 Å². The van der Waals surface area contributed by atoms with E-state index in [0.29, 0.717) is 18.8 Å². The molecule has 2 aromatic rings. The molecule has 1 saturated heterocycles. The Morgan fingerprint density at radius 1 is 1.18 bits per heavy atom. The first-order valence-electron chi connectivity index (χ1n) is 11.9. The molecule has 34 heavy (non-hydrogen) atoms. The van der Waals surface area contributed by atoms with Crippen LogP contribution in [0.25, 0.3) is 0 Å². The van der Waals surface area contributed by atoms with Crippen molar-refractivity contribution in [1.82, 2.24) is 5.32 Å². The van der Waals surface area contributed by atoms with Crippen LogP contribution in [0, 0.1) is 0 Å². The molecule has 6 nitrogen and oxygen atoms in total. The predicted octanol–water partition coefficient (Wildman–Crippen LogP) is 5.70. The molecule has 0 saturated carbocycles. The van der Waals surface area contributed by atoms with E-state index in [0.717, 1.165) is 58.4 Å². The number of aromatic hydroxyl groups is 1. The van der Waals surface area contributed by atoms with Gasteiger partial charge in [-0.15, -0.1) is 0 Å². The minimum Gasteiger partial charge on any atom is -0.507 e. The van der Waals surface area contributed by atoms with E-state index >= 15 is 0 Å². The van der Waals surface area contributed by atoms with Crippen molar-refractivity contribution >= 4 is 22.9 Å². The molecule has 1 fully saturated rings. The zero-order valence-corrected chi connectivity index (χ0v) is 21.3. The summed E-state index contributed by atoms with van der Waals surface area (Å²) >= 11 is 1.04. The van der Waals surface area contributed by atoms with Crippen LogP contribution in [0.1, 0.15) is 75.1 Å². The molecule has 4 rings (SSSR count). The molecule has 2 atom stereocenters. The molecular formula is C27H33NO5S. The van der Waals surface area contributed by atoms with Crippen LogP contribution in [-0.4, -0.2) is 33.7 Å². The maximum atomic E-state index is 11.8. The first kappa shape index (κ1) is 24.5. The lowest BCUT2D eigenvalue weighted by molar-refractivity contribution is -0.118. The summed E-state index contributed by atoms with van der Waals surface area (Å²) in [5.74, 6) is 2.16. The highest BCUT2D eigenvalue weighted by atomic mass is 32.2. The molecule has 7 heteroatoms. The van der Waals surface area contributed by atoms with Gasteiger partial charge in [0.15, 0.2) is 0 Å². The number of carbonyl (C=O) groups is 2. The zero-order valence-electron chi connectivity index (χ0n) is 20.4. The van der Waals surface area contributed by atoms with E-state index in [9.17, 15) is 14.7 Å². The van der Waals surface area contributed by atoms with Gasteiger partial charge in [-0.05, 0) is 61.8 Å². The van der Waals surface area contributed by atoms with Crippen LogP contribution < -0.4 is 14.8 Å². The van der Waals surface area contributed by atoms with Crippen LogP contribution in [0.15, 0.2) is 30.3 Å². The van der Waals surface area contributed by atoms with E-state index < -0.39 is 5.60 Å². The monoisotopic (exact) mass is 483 g/mol. The van der Waals surface area contributed by atoms with Gasteiger partial charge in [0.25, 0.3) is 5.24 Å². The highest BCUT2D eigenvalue weighted by Crippen LogP contribution is 2.45. The van der Waals surface area contributed by atoms with Gasteiger partial charge in [-0.1, -0.05) is 51.6 Å². The van der Waals surface area contributed by atoms with Crippen molar-refractivity contribution in [3.63, 3.8) is 0 Å². The standard InChI is InChI=1S/C27H33NO5S/c1-15(2)20-13-21-19(23(16(3)4)24(20)29)10-11-27(5,33-21)14-32-18-8-6-17(7-9-18)12-22-25(30)28-26(31)34-22/h6-9,13,15-16,22,29H,10-12,14H2,1-5H3,(H,28,30,31). The Labute approximate surface area is 205 Å². The summed E-state index contributed by atoms with van der Waals surface area (Å²) in [5, 5.41) is 12.5. The third-order valence-electron chi connectivity index (χ3n) is 6.55. The third kappa shape index (κ3) is 5.04. The second kappa shape index (κ2) is 9.53. The number of amides is 2. The van der Waals surface area contributed by atoms with Crippen LogP contribution in [-0.2, 0) is 17.6 Å². The van der Waals surface area contributed by atoms with Gasteiger partial charge in [0.05, 0.1) is 5.25 Å². The Morgan fingerprint density at radius 3 is 2.47 bits per heavy atom. The number of benzene rings is 2. The Kier molecular flexibility index (Phi) is 6.85. The average Bonchev–Trinajstić information content (AvgIpc) is 3.09. The van der Waals surface area contributed by atoms with Crippen molar-refractivity contribution in [2.45, 2.75) is 76.6 Å². The topological polar surface area (TPSA) is 84.9 Å². The van der Waals surface area contributed by atoms with Gasteiger partial charge in [-0.2, -0.15) is 0 Å². The molecule has 2 aliphatic heterocycles. The van der Waals surface area contributed by atoms with E-state index in [1.54, 1.807) is 0 Å². The number of ether oxygens (including phenoxy) is 2. The minimum atomic E-state index is -0.482. The van der Waals surface area contributed by atoms with Gasteiger partial charge in [0, 0.05) is 16.7 Å². The van der Waals surface area contributed by atoms with Crippen LogP contribution in [0.5, 0.6) is 17.2 Å². The first-order valence-corrected chi connectivity index (χ1v) is 12.7. The van der Waals surface area contributed by atoms with Crippen LogP contribution in [0.2, 0.25) is 0 Å². The third-order valence-corrected chi connectivity index (χ3v) is 7.53. The van der Waals surface area contributed by atoms with Crippen molar-refractivity contribution in [2.24, 2.45) is 0 Å². The number of carbonyl (C=O) groups excluding carboxylic acids is 2. The summed E-state index contributed by atoms with van der Waals surface area (Å²) in [6.07, 6.45) is 2.12. The molecule has 0 radical (unpaired) electrons. The fourth-order valence-electron chi connectivity index (χ4n) is 4.65. The Hall–Kier alpha value is -2.67. The van der Waals surface area contributed by atoms with Crippen molar-refractivity contribution in [3.8, 4) is 17.2 Å². The van der Waals surface area contributed by atoms with Gasteiger partial charge >= 0.3 is 0 Å². The molecule has 0 bridgehead atoms.